The highest BCUT2D eigenvalue weighted by atomic mass is 32.2. The quantitative estimate of drug-likeness (QED) is 0.771. The third-order valence-electron chi connectivity index (χ3n) is 3.92. The van der Waals surface area contributed by atoms with Crippen LogP contribution in [-0.4, -0.2) is 34.3 Å². The van der Waals surface area contributed by atoms with Crippen LogP contribution in [0, 0.1) is 0 Å². The molecule has 2 aromatic carbocycles. The number of hydrogen-bond donors (Lipinski definition) is 1. The molecule has 2 rings (SSSR count). The molecule has 25 heavy (non-hydrogen) atoms. The second-order valence-electron chi connectivity index (χ2n) is 6.37. The van der Waals surface area contributed by atoms with Gasteiger partial charge < -0.3 is 4.90 Å². The molecule has 5 nitrogen and oxygen atoms in total. The zero-order valence-corrected chi connectivity index (χ0v) is 15.8. The predicted molar refractivity (Wildman–Crippen MR) is 101 cm³/mol. The Morgan fingerprint density at radius 1 is 1.04 bits per heavy atom. The van der Waals surface area contributed by atoms with Crippen molar-refractivity contribution in [1.29, 1.82) is 0 Å². The van der Waals surface area contributed by atoms with Crippen LogP contribution in [0.3, 0.4) is 0 Å². The van der Waals surface area contributed by atoms with Gasteiger partial charge in [-0.1, -0.05) is 24.3 Å². The molecule has 0 radical (unpaired) electrons. The minimum Gasteiger partial charge on any atom is -0.378 e. The fourth-order valence-electron chi connectivity index (χ4n) is 2.53. The van der Waals surface area contributed by atoms with Crippen molar-refractivity contribution in [2.45, 2.75) is 31.2 Å². The Morgan fingerprint density at radius 3 is 2.08 bits per heavy atom. The monoisotopic (exact) mass is 360 g/mol. The maximum atomic E-state index is 12.5. The first kappa shape index (κ1) is 19.1. The van der Waals surface area contributed by atoms with Gasteiger partial charge in [-0.05, 0) is 50.1 Å². The van der Waals surface area contributed by atoms with Crippen LogP contribution in [-0.2, 0) is 16.4 Å². The lowest BCUT2D eigenvalue weighted by Crippen LogP contribution is -2.34. The topological polar surface area (TPSA) is 66.5 Å². The van der Waals surface area contributed by atoms with E-state index in [1.54, 1.807) is 0 Å². The van der Waals surface area contributed by atoms with E-state index in [2.05, 4.69) is 4.72 Å². The van der Waals surface area contributed by atoms with Gasteiger partial charge in [0.15, 0.2) is 5.78 Å². The zero-order chi connectivity index (χ0) is 18.6. The number of Topliss-reactive ketones (excluding diaryl/α,β-unsaturated/α-hetero) is 1. The first-order valence-corrected chi connectivity index (χ1v) is 9.57. The fourth-order valence-corrected chi connectivity index (χ4v) is 3.77. The standard InChI is InChI=1S/C19H24N2O3S/c1-14(13-16-5-9-18(10-6-16)21(3)4)20-25(23,24)19-11-7-17(8-12-19)15(2)22/h5-12,14,20H,13H2,1-4H3/t14-/m1/s1. The molecule has 134 valence electrons. The van der Waals surface area contributed by atoms with E-state index in [0.717, 1.165) is 11.3 Å². The summed E-state index contributed by atoms with van der Waals surface area (Å²) in [7, 11) is 0.337. The van der Waals surface area contributed by atoms with Gasteiger partial charge >= 0.3 is 0 Å². The Labute approximate surface area is 149 Å². The first-order chi connectivity index (χ1) is 11.7. The van der Waals surface area contributed by atoms with Crippen LogP contribution in [0.15, 0.2) is 53.4 Å². The van der Waals surface area contributed by atoms with Gasteiger partial charge in [0.25, 0.3) is 0 Å². The lowest BCUT2D eigenvalue weighted by Gasteiger charge is -2.16. The van der Waals surface area contributed by atoms with E-state index < -0.39 is 10.0 Å². The molecule has 0 aliphatic heterocycles. The summed E-state index contributed by atoms with van der Waals surface area (Å²) >= 11 is 0. The third-order valence-corrected chi connectivity index (χ3v) is 5.53. The molecule has 0 saturated carbocycles. The van der Waals surface area contributed by atoms with Crippen molar-refractivity contribution in [3.8, 4) is 0 Å². The highest BCUT2D eigenvalue weighted by Gasteiger charge is 2.18. The lowest BCUT2D eigenvalue weighted by molar-refractivity contribution is 0.101. The second kappa shape index (κ2) is 7.80. The van der Waals surface area contributed by atoms with Crippen LogP contribution < -0.4 is 9.62 Å². The maximum Gasteiger partial charge on any atom is 0.240 e. The van der Waals surface area contributed by atoms with E-state index in [9.17, 15) is 13.2 Å². The van der Waals surface area contributed by atoms with Crippen LogP contribution in [0.1, 0.15) is 29.8 Å². The van der Waals surface area contributed by atoms with Crippen molar-refractivity contribution >= 4 is 21.5 Å². The summed E-state index contributed by atoms with van der Waals surface area (Å²) in [6.07, 6.45) is 0.596. The molecule has 0 heterocycles. The normalized spacial score (nSPS) is 12.6. The van der Waals surface area contributed by atoms with Gasteiger partial charge in [0.1, 0.15) is 0 Å². The molecule has 0 aliphatic carbocycles. The zero-order valence-electron chi connectivity index (χ0n) is 15.0. The molecule has 0 fully saturated rings. The summed E-state index contributed by atoms with van der Waals surface area (Å²) in [6, 6.07) is 13.7. The highest BCUT2D eigenvalue weighted by molar-refractivity contribution is 7.89. The van der Waals surface area contributed by atoms with Gasteiger partial charge in [-0.25, -0.2) is 13.1 Å². The molecular formula is C19H24N2O3S. The number of rotatable bonds is 7. The highest BCUT2D eigenvalue weighted by Crippen LogP contribution is 2.15. The number of nitrogens with zero attached hydrogens (tertiary/aromatic N) is 1. The SMILES string of the molecule is CC(=O)c1ccc(S(=O)(=O)N[C@H](C)Cc2ccc(N(C)C)cc2)cc1. The van der Waals surface area contributed by atoms with Crippen molar-refractivity contribution in [2.24, 2.45) is 0 Å². The number of carbonyl (C=O) groups is 1. The van der Waals surface area contributed by atoms with Gasteiger partial charge in [0.05, 0.1) is 4.90 Å². The molecule has 0 spiro atoms. The number of benzene rings is 2. The van der Waals surface area contributed by atoms with E-state index in [1.807, 2.05) is 50.2 Å². The number of ketones is 1. The molecule has 0 saturated heterocycles. The molecule has 0 unspecified atom stereocenters. The summed E-state index contributed by atoms with van der Waals surface area (Å²) in [5, 5.41) is 0. The van der Waals surface area contributed by atoms with E-state index in [-0.39, 0.29) is 16.7 Å². The Balaban J connectivity index is 2.05. The summed E-state index contributed by atoms with van der Waals surface area (Å²) in [4.78, 5) is 13.5. The van der Waals surface area contributed by atoms with Crippen molar-refractivity contribution in [2.75, 3.05) is 19.0 Å². The summed E-state index contributed by atoms with van der Waals surface area (Å²) in [5.41, 5.74) is 2.66. The van der Waals surface area contributed by atoms with Gasteiger partial charge in [0.2, 0.25) is 10.0 Å². The van der Waals surface area contributed by atoms with Gasteiger partial charge in [-0.2, -0.15) is 0 Å². The molecule has 0 aliphatic rings. The number of hydrogen-bond acceptors (Lipinski definition) is 4. The average Bonchev–Trinajstić information content (AvgIpc) is 2.54. The first-order valence-electron chi connectivity index (χ1n) is 8.08. The second-order valence-corrected chi connectivity index (χ2v) is 8.08. The van der Waals surface area contributed by atoms with Crippen LogP contribution in [0.2, 0.25) is 0 Å². The Bertz CT molecular complexity index is 826. The largest absolute Gasteiger partial charge is 0.378 e. The molecule has 6 heteroatoms. The summed E-state index contributed by atoms with van der Waals surface area (Å²) in [5.74, 6) is -0.0913. The van der Waals surface area contributed by atoms with Crippen molar-refractivity contribution in [3.63, 3.8) is 0 Å². The van der Waals surface area contributed by atoms with Crippen LogP contribution in [0.25, 0.3) is 0 Å². The number of nitrogens with one attached hydrogen (secondary N) is 1. The van der Waals surface area contributed by atoms with Crippen LogP contribution in [0.4, 0.5) is 5.69 Å². The van der Waals surface area contributed by atoms with Crippen molar-refractivity contribution < 1.29 is 13.2 Å². The molecule has 0 bridgehead atoms. The summed E-state index contributed by atoms with van der Waals surface area (Å²) < 4.78 is 27.6. The van der Waals surface area contributed by atoms with Gasteiger partial charge in [-0.15, -0.1) is 0 Å². The minimum atomic E-state index is -3.61. The van der Waals surface area contributed by atoms with Crippen molar-refractivity contribution in [3.05, 3.63) is 59.7 Å². The Kier molecular flexibility index (Phi) is 5.98. The fraction of sp³-hybridized carbons (Fsp3) is 0.316. The molecule has 0 aromatic heterocycles. The van der Waals surface area contributed by atoms with E-state index in [4.69, 9.17) is 0 Å². The van der Waals surface area contributed by atoms with Crippen LogP contribution in [0.5, 0.6) is 0 Å². The smallest absolute Gasteiger partial charge is 0.240 e. The number of carbonyl (C=O) groups excluding carboxylic acids is 1. The average molecular weight is 360 g/mol. The van der Waals surface area contributed by atoms with Gasteiger partial charge in [-0.3, -0.25) is 4.79 Å². The van der Waals surface area contributed by atoms with E-state index in [1.165, 1.54) is 31.2 Å². The van der Waals surface area contributed by atoms with Gasteiger partial charge in [0, 0.05) is 31.4 Å². The number of sulfonamides is 1. The molecule has 2 aromatic rings. The lowest BCUT2D eigenvalue weighted by atomic mass is 10.1. The molecular weight excluding hydrogens is 336 g/mol. The van der Waals surface area contributed by atoms with Crippen molar-refractivity contribution in [1.82, 2.24) is 4.72 Å². The molecule has 1 N–H and O–H groups in total. The molecule has 0 amide bonds. The maximum absolute atomic E-state index is 12.5. The minimum absolute atomic E-state index is 0.0913. The molecule has 1 atom stereocenters. The Morgan fingerprint density at radius 2 is 1.60 bits per heavy atom. The number of anilines is 1. The summed E-state index contributed by atoms with van der Waals surface area (Å²) in [6.45, 7) is 3.28. The van der Waals surface area contributed by atoms with E-state index in [0.29, 0.717) is 12.0 Å². The van der Waals surface area contributed by atoms with Crippen LogP contribution >= 0.6 is 0 Å². The Hall–Kier alpha value is -2.18. The third kappa shape index (κ3) is 5.14. The van der Waals surface area contributed by atoms with E-state index >= 15 is 0 Å². The predicted octanol–water partition coefficient (Wildman–Crippen LogP) is 2.86.